The number of fused-ring (bicyclic) bond motifs is 2. The number of nitrogens with zero attached hydrogens (tertiary/aromatic N) is 4. The maximum absolute atomic E-state index is 13.2. The van der Waals surface area contributed by atoms with Crippen LogP contribution in [-0.2, 0) is 7.05 Å². The van der Waals surface area contributed by atoms with Gasteiger partial charge in [-0.05, 0) is 43.7 Å². The Bertz CT molecular complexity index is 1530. The molecule has 31 heavy (non-hydrogen) atoms. The van der Waals surface area contributed by atoms with Crippen LogP contribution in [0, 0.1) is 13.8 Å². The second-order valence-electron chi connectivity index (χ2n) is 7.07. The van der Waals surface area contributed by atoms with Crippen LogP contribution in [0.5, 0.6) is 0 Å². The molecule has 5 nitrogen and oxygen atoms in total. The van der Waals surface area contributed by atoms with E-state index in [9.17, 15) is 4.79 Å². The van der Waals surface area contributed by atoms with Crippen molar-refractivity contribution in [1.82, 2.24) is 14.5 Å². The van der Waals surface area contributed by atoms with Crippen LogP contribution in [0.4, 0.5) is 0 Å². The van der Waals surface area contributed by atoms with Gasteiger partial charge in [-0.3, -0.25) is 4.79 Å². The summed E-state index contributed by atoms with van der Waals surface area (Å²) in [6.45, 7) is 4.19. The molecule has 3 heterocycles. The fraction of sp³-hybridized carbons (Fsp3) is 0.130. The zero-order chi connectivity index (χ0) is 21.5. The van der Waals surface area contributed by atoms with Crippen molar-refractivity contribution in [3.63, 3.8) is 0 Å². The van der Waals surface area contributed by atoms with Crippen LogP contribution in [0.2, 0.25) is 0 Å². The van der Waals surface area contributed by atoms with Crippen LogP contribution in [0.15, 0.2) is 69.8 Å². The van der Waals surface area contributed by atoms with Gasteiger partial charge in [-0.25, -0.2) is 9.97 Å². The van der Waals surface area contributed by atoms with Gasteiger partial charge in [0.25, 0.3) is 5.91 Å². The van der Waals surface area contributed by atoms with Crippen molar-refractivity contribution < 1.29 is 4.79 Å². The van der Waals surface area contributed by atoms with E-state index in [0.717, 1.165) is 30.4 Å². The summed E-state index contributed by atoms with van der Waals surface area (Å²) >= 11 is 4.67. The Kier molecular flexibility index (Phi) is 5.21. The van der Waals surface area contributed by atoms with E-state index >= 15 is 0 Å². The second kappa shape index (κ2) is 8.03. The molecule has 0 atom stereocenters. The molecule has 154 valence electrons. The van der Waals surface area contributed by atoms with Crippen molar-refractivity contribution in [2.45, 2.75) is 23.8 Å². The highest BCUT2D eigenvalue weighted by atomic mass is 32.2. The Hall–Kier alpha value is -2.81. The second-order valence-corrected chi connectivity index (χ2v) is 10.3. The van der Waals surface area contributed by atoms with Crippen molar-refractivity contribution >= 4 is 60.8 Å². The molecular weight excluding hydrogens is 444 g/mol. The highest BCUT2D eigenvalue weighted by Gasteiger charge is 2.17. The van der Waals surface area contributed by atoms with E-state index < -0.39 is 0 Å². The van der Waals surface area contributed by atoms with Gasteiger partial charge in [-0.2, -0.15) is 4.99 Å². The van der Waals surface area contributed by atoms with Crippen LogP contribution in [0.1, 0.15) is 20.8 Å². The van der Waals surface area contributed by atoms with Gasteiger partial charge in [0.1, 0.15) is 16.2 Å². The number of amides is 1. The number of para-hydroxylation sites is 1. The maximum Gasteiger partial charge on any atom is 0.280 e. The number of aryl methyl sites for hydroxylation is 3. The summed E-state index contributed by atoms with van der Waals surface area (Å²) in [6, 6.07) is 15.6. The van der Waals surface area contributed by atoms with Crippen molar-refractivity contribution in [1.29, 1.82) is 0 Å². The first-order valence-electron chi connectivity index (χ1n) is 9.64. The zero-order valence-corrected chi connectivity index (χ0v) is 19.6. The number of rotatable bonds is 3. The molecular formula is C23H18N4OS3. The quantitative estimate of drug-likeness (QED) is 0.320. The van der Waals surface area contributed by atoms with Gasteiger partial charge in [0, 0.05) is 22.2 Å². The lowest BCUT2D eigenvalue weighted by atomic mass is 10.2. The Balaban J connectivity index is 1.57. The molecule has 0 aliphatic carbocycles. The maximum atomic E-state index is 13.2. The summed E-state index contributed by atoms with van der Waals surface area (Å²) in [6.07, 6.45) is 1.59. The Labute approximate surface area is 191 Å². The van der Waals surface area contributed by atoms with Crippen LogP contribution in [0.3, 0.4) is 0 Å². The van der Waals surface area contributed by atoms with E-state index in [1.54, 1.807) is 17.7 Å². The smallest absolute Gasteiger partial charge is 0.280 e. The molecule has 5 rings (SSSR count). The van der Waals surface area contributed by atoms with Gasteiger partial charge in [0.15, 0.2) is 4.80 Å². The molecule has 0 saturated carbocycles. The van der Waals surface area contributed by atoms with Gasteiger partial charge >= 0.3 is 0 Å². The zero-order valence-electron chi connectivity index (χ0n) is 17.1. The summed E-state index contributed by atoms with van der Waals surface area (Å²) in [5.41, 5.74) is 2.82. The standard InChI is InChI=1S/C23H18N4OS3/c1-13-14(2)29-21-19(13)22(25-12-24-21)30-17-10-6-4-8-15(17)20(28)26-23-27(3)16-9-5-7-11-18(16)31-23/h4-12H,1-3H3. The first kappa shape index (κ1) is 20.1. The van der Waals surface area contributed by atoms with Crippen molar-refractivity contribution in [3.8, 4) is 0 Å². The Morgan fingerprint density at radius 2 is 1.81 bits per heavy atom. The molecule has 0 aliphatic rings. The predicted molar refractivity (Wildman–Crippen MR) is 128 cm³/mol. The van der Waals surface area contributed by atoms with E-state index in [0.29, 0.717) is 10.4 Å². The molecule has 0 fully saturated rings. The first-order chi connectivity index (χ1) is 15.0. The molecule has 5 aromatic rings. The van der Waals surface area contributed by atoms with Gasteiger partial charge < -0.3 is 4.57 Å². The highest BCUT2D eigenvalue weighted by Crippen LogP contribution is 2.38. The van der Waals surface area contributed by atoms with Crippen molar-refractivity contribution in [2.75, 3.05) is 0 Å². The lowest BCUT2D eigenvalue weighted by Crippen LogP contribution is -2.13. The summed E-state index contributed by atoms with van der Waals surface area (Å²) in [4.78, 5) is 30.3. The Morgan fingerprint density at radius 1 is 1.03 bits per heavy atom. The van der Waals surface area contributed by atoms with Gasteiger partial charge in [-0.15, -0.1) is 11.3 Å². The summed E-state index contributed by atoms with van der Waals surface area (Å²) in [5, 5.41) is 1.92. The summed E-state index contributed by atoms with van der Waals surface area (Å²) in [7, 11) is 1.94. The minimum Gasteiger partial charge on any atom is -0.319 e. The van der Waals surface area contributed by atoms with Crippen LogP contribution in [0.25, 0.3) is 20.4 Å². The average Bonchev–Trinajstić information content (AvgIpc) is 3.25. The molecule has 2 aromatic carbocycles. The molecule has 0 radical (unpaired) electrons. The minimum atomic E-state index is -0.256. The molecule has 8 heteroatoms. The first-order valence-corrected chi connectivity index (χ1v) is 12.1. The average molecular weight is 463 g/mol. The molecule has 1 amide bonds. The molecule has 0 spiro atoms. The summed E-state index contributed by atoms with van der Waals surface area (Å²) < 4.78 is 3.06. The van der Waals surface area contributed by atoms with E-state index in [4.69, 9.17) is 0 Å². The third-order valence-corrected chi connectivity index (χ3v) is 8.47. The Morgan fingerprint density at radius 3 is 2.65 bits per heavy atom. The van der Waals surface area contributed by atoms with Gasteiger partial charge in [-0.1, -0.05) is 47.4 Å². The number of hydrogen-bond donors (Lipinski definition) is 0. The largest absolute Gasteiger partial charge is 0.319 e. The number of benzene rings is 2. The molecule has 0 saturated heterocycles. The number of carbonyl (C=O) groups excluding carboxylic acids is 1. The molecule has 0 unspecified atom stereocenters. The van der Waals surface area contributed by atoms with E-state index in [-0.39, 0.29) is 5.91 Å². The fourth-order valence-corrected chi connectivity index (χ4v) is 6.55. The number of thiazole rings is 1. The normalized spacial score (nSPS) is 12.2. The van der Waals surface area contributed by atoms with E-state index in [1.807, 2.05) is 60.1 Å². The van der Waals surface area contributed by atoms with E-state index in [1.165, 1.54) is 33.5 Å². The van der Waals surface area contributed by atoms with Crippen LogP contribution in [-0.4, -0.2) is 20.4 Å². The number of thiophene rings is 1. The third-order valence-electron chi connectivity index (χ3n) is 5.17. The minimum absolute atomic E-state index is 0.256. The summed E-state index contributed by atoms with van der Waals surface area (Å²) in [5.74, 6) is -0.256. The van der Waals surface area contributed by atoms with Gasteiger partial charge in [0.2, 0.25) is 0 Å². The number of hydrogen-bond acceptors (Lipinski definition) is 6. The van der Waals surface area contributed by atoms with Gasteiger partial charge in [0.05, 0.1) is 15.8 Å². The number of carbonyl (C=O) groups is 1. The highest BCUT2D eigenvalue weighted by molar-refractivity contribution is 7.99. The molecule has 0 bridgehead atoms. The number of aromatic nitrogens is 3. The third kappa shape index (κ3) is 3.60. The topological polar surface area (TPSA) is 60.1 Å². The fourth-order valence-electron chi connectivity index (χ4n) is 3.40. The van der Waals surface area contributed by atoms with E-state index in [2.05, 4.69) is 28.8 Å². The SMILES string of the molecule is Cc1sc2ncnc(Sc3ccccc3C(=O)N=c3sc4ccccc4n3C)c2c1C. The van der Waals surface area contributed by atoms with Crippen molar-refractivity contribution in [3.05, 3.63) is 75.7 Å². The molecule has 0 N–H and O–H groups in total. The van der Waals surface area contributed by atoms with Crippen LogP contribution >= 0.6 is 34.4 Å². The lowest BCUT2D eigenvalue weighted by Gasteiger charge is -2.07. The van der Waals surface area contributed by atoms with Crippen LogP contribution < -0.4 is 4.80 Å². The van der Waals surface area contributed by atoms with Crippen molar-refractivity contribution in [2.24, 2.45) is 12.0 Å². The monoisotopic (exact) mass is 462 g/mol. The molecule has 3 aromatic heterocycles. The predicted octanol–water partition coefficient (Wildman–Crippen LogP) is 5.75. The lowest BCUT2D eigenvalue weighted by molar-refractivity contribution is 0.0995. The molecule has 0 aliphatic heterocycles.